The van der Waals surface area contributed by atoms with Crippen LogP contribution in [0.3, 0.4) is 0 Å². The molecule has 0 aromatic heterocycles. The lowest BCUT2D eigenvalue weighted by molar-refractivity contribution is -0.136. The fourth-order valence-corrected chi connectivity index (χ4v) is 2.93. The fourth-order valence-electron chi connectivity index (χ4n) is 2.93. The predicted molar refractivity (Wildman–Crippen MR) is 66.7 cm³/mol. The number of carbonyl (C=O) groups is 1. The summed E-state index contributed by atoms with van der Waals surface area (Å²) in [6.07, 6.45) is 5.16. The molecule has 1 N–H and O–H groups in total. The summed E-state index contributed by atoms with van der Waals surface area (Å²) in [5, 5.41) is 9.59. The lowest BCUT2D eigenvalue weighted by Gasteiger charge is -2.36. The summed E-state index contributed by atoms with van der Waals surface area (Å²) in [5.74, 6) is 0.242. The van der Waals surface area contributed by atoms with Crippen molar-refractivity contribution in [2.75, 3.05) is 26.2 Å². The zero-order chi connectivity index (χ0) is 12.3. The molecule has 2 saturated heterocycles. The molecule has 2 aliphatic rings. The average Bonchev–Trinajstić information content (AvgIpc) is 2.29. The Balaban J connectivity index is 1.83. The van der Waals surface area contributed by atoms with Gasteiger partial charge in [-0.1, -0.05) is 0 Å². The molecule has 17 heavy (non-hydrogen) atoms. The van der Waals surface area contributed by atoms with Crippen LogP contribution in [0.4, 0.5) is 0 Å². The molecule has 2 atom stereocenters. The fraction of sp³-hybridized carbons (Fsp3) is 0.923. The van der Waals surface area contributed by atoms with E-state index < -0.39 is 0 Å². The second-order valence-electron chi connectivity index (χ2n) is 5.46. The van der Waals surface area contributed by atoms with Crippen LogP contribution in [0.1, 0.15) is 39.0 Å². The molecular formula is C13H24N2O2. The Morgan fingerprint density at radius 1 is 1.24 bits per heavy atom. The zero-order valence-corrected chi connectivity index (χ0v) is 10.8. The van der Waals surface area contributed by atoms with E-state index in [1.807, 2.05) is 4.90 Å². The Morgan fingerprint density at radius 3 is 2.76 bits per heavy atom. The number of rotatable bonds is 2. The van der Waals surface area contributed by atoms with Gasteiger partial charge in [0.05, 0.1) is 12.6 Å². The Morgan fingerprint density at radius 2 is 2.06 bits per heavy atom. The van der Waals surface area contributed by atoms with Gasteiger partial charge >= 0.3 is 0 Å². The number of nitrogens with zero attached hydrogens (tertiary/aromatic N) is 2. The van der Waals surface area contributed by atoms with Gasteiger partial charge in [0, 0.05) is 19.1 Å². The van der Waals surface area contributed by atoms with Crippen LogP contribution in [-0.2, 0) is 4.79 Å². The molecule has 2 aliphatic heterocycles. The first kappa shape index (κ1) is 12.8. The van der Waals surface area contributed by atoms with Crippen molar-refractivity contribution < 1.29 is 9.90 Å². The average molecular weight is 240 g/mol. The van der Waals surface area contributed by atoms with Crippen molar-refractivity contribution in [2.24, 2.45) is 0 Å². The number of amides is 1. The van der Waals surface area contributed by atoms with E-state index in [4.69, 9.17) is 0 Å². The molecule has 1 amide bonds. The van der Waals surface area contributed by atoms with Crippen molar-refractivity contribution >= 4 is 5.91 Å². The molecule has 4 heteroatoms. The maximum Gasteiger partial charge on any atom is 0.236 e. The van der Waals surface area contributed by atoms with E-state index in [0.29, 0.717) is 19.1 Å². The zero-order valence-electron chi connectivity index (χ0n) is 10.8. The Kier molecular flexibility index (Phi) is 4.40. The first-order valence-electron chi connectivity index (χ1n) is 6.86. The Hall–Kier alpha value is -0.610. The summed E-state index contributed by atoms with van der Waals surface area (Å²) < 4.78 is 0. The minimum atomic E-state index is -0.240. The molecule has 2 heterocycles. The van der Waals surface area contributed by atoms with Crippen LogP contribution < -0.4 is 0 Å². The molecule has 0 bridgehead atoms. The topological polar surface area (TPSA) is 43.8 Å². The highest BCUT2D eigenvalue weighted by Gasteiger charge is 2.26. The smallest absolute Gasteiger partial charge is 0.236 e. The second kappa shape index (κ2) is 5.83. The standard InChI is InChI=1S/C13H24N2O2/c1-11-5-2-3-8-15(11)13(17)10-14-7-4-6-12(16)9-14/h11-12,16H,2-10H2,1H3. The van der Waals surface area contributed by atoms with Crippen LogP contribution in [-0.4, -0.2) is 59.1 Å². The van der Waals surface area contributed by atoms with Gasteiger partial charge in [-0.15, -0.1) is 0 Å². The van der Waals surface area contributed by atoms with Gasteiger partial charge in [0.25, 0.3) is 0 Å². The van der Waals surface area contributed by atoms with Gasteiger partial charge in [-0.25, -0.2) is 0 Å². The minimum absolute atomic E-state index is 0.240. The first-order valence-corrected chi connectivity index (χ1v) is 6.86. The van der Waals surface area contributed by atoms with E-state index in [1.54, 1.807) is 0 Å². The molecule has 4 nitrogen and oxygen atoms in total. The van der Waals surface area contributed by atoms with Crippen molar-refractivity contribution in [3.63, 3.8) is 0 Å². The molecular weight excluding hydrogens is 216 g/mol. The SMILES string of the molecule is CC1CCCCN1C(=O)CN1CCCC(O)C1. The number of aliphatic hydroxyl groups is 1. The van der Waals surface area contributed by atoms with Crippen molar-refractivity contribution in [2.45, 2.75) is 51.2 Å². The molecule has 0 aromatic rings. The largest absolute Gasteiger partial charge is 0.392 e. The molecule has 0 aromatic carbocycles. The molecule has 0 spiro atoms. The molecule has 98 valence electrons. The second-order valence-corrected chi connectivity index (χ2v) is 5.46. The number of likely N-dealkylation sites (tertiary alicyclic amines) is 2. The van der Waals surface area contributed by atoms with E-state index in [2.05, 4.69) is 11.8 Å². The first-order chi connectivity index (χ1) is 8.16. The minimum Gasteiger partial charge on any atom is -0.392 e. The monoisotopic (exact) mass is 240 g/mol. The molecule has 2 rings (SSSR count). The third-order valence-electron chi connectivity index (χ3n) is 3.96. The lowest BCUT2D eigenvalue weighted by Crippen LogP contribution is -2.49. The van der Waals surface area contributed by atoms with Gasteiger partial charge in [0.2, 0.25) is 5.91 Å². The van der Waals surface area contributed by atoms with Crippen LogP contribution in [0, 0.1) is 0 Å². The summed E-state index contributed by atoms with van der Waals surface area (Å²) in [4.78, 5) is 16.3. The Labute approximate surface area is 104 Å². The van der Waals surface area contributed by atoms with Crippen molar-refractivity contribution in [1.29, 1.82) is 0 Å². The summed E-state index contributed by atoms with van der Waals surface area (Å²) in [7, 11) is 0. The molecule has 0 radical (unpaired) electrons. The third-order valence-corrected chi connectivity index (χ3v) is 3.96. The van der Waals surface area contributed by atoms with E-state index >= 15 is 0 Å². The van der Waals surface area contributed by atoms with Gasteiger partial charge in [-0.3, -0.25) is 9.69 Å². The van der Waals surface area contributed by atoms with Crippen LogP contribution in [0.25, 0.3) is 0 Å². The number of hydrogen-bond acceptors (Lipinski definition) is 3. The van der Waals surface area contributed by atoms with E-state index in [1.165, 1.54) is 6.42 Å². The van der Waals surface area contributed by atoms with E-state index in [0.717, 1.165) is 38.8 Å². The lowest BCUT2D eigenvalue weighted by atomic mass is 10.0. The summed E-state index contributed by atoms with van der Waals surface area (Å²) >= 11 is 0. The number of piperidine rings is 2. The quantitative estimate of drug-likeness (QED) is 0.778. The van der Waals surface area contributed by atoms with Gasteiger partial charge < -0.3 is 10.0 Å². The van der Waals surface area contributed by atoms with Crippen LogP contribution in [0.5, 0.6) is 0 Å². The number of aliphatic hydroxyl groups excluding tert-OH is 1. The van der Waals surface area contributed by atoms with E-state index in [9.17, 15) is 9.90 Å². The molecule has 2 unspecified atom stereocenters. The van der Waals surface area contributed by atoms with Crippen LogP contribution in [0.15, 0.2) is 0 Å². The van der Waals surface area contributed by atoms with Gasteiger partial charge in [0.1, 0.15) is 0 Å². The highest BCUT2D eigenvalue weighted by Crippen LogP contribution is 2.17. The number of carbonyl (C=O) groups excluding carboxylic acids is 1. The number of hydrogen-bond donors (Lipinski definition) is 1. The van der Waals surface area contributed by atoms with Crippen LogP contribution >= 0.6 is 0 Å². The number of β-amino-alcohol motifs (C(OH)–C–C–N with tert-alkyl or cyclic N) is 1. The highest BCUT2D eigenvalue weighted by atomic mass is 16.3. The van der Waals surface area contributed by atoms with E-state index in [-0.39, 0.29) is 12.0 Å². The van der Waals surface area contributed by atoms with Crippen molar-refractivity contribution in [3.05, 3.63) is 0 Å². The summed E-state index contributed by atoms with van der Waals surface area (Å²) in [6.45, 7) is 5.15. The molecule has 2 fully saturated rings. The van der Waals surface area contributed by atoms with Crippen LogP contribution in [0.2, 0.25) is 0 Å². The molecule has 0 aliphatic carbocycles. The van der Waals surface area contributed by atoms with Crippen molar-refractivity contribution in [3.8, 4) is 0 Å². The normalized spacial score (nSPS) is 31.5. The highest BCUT2D eigenvalue weighted by molar-refractivity contribution is 5.78. The summed E-state index contributed by atoms with van der Waals surface area (Å²) in [5.41, 5.74) is 0. The Bertz CT molecular complexity index is 270. The predicted octanol–water partition coefficient (Wildman–Crippen LogP) is 0.844. The van der Waals surface area contributed by atoms with Crippen molar-refractivity contribution in [1.82, 2.24) is 9.80 Å². The maximum atomic E-state index is 12.2. The maximum absolute atomic E-state index is 12.2. The van der Waals surface area contributed by atoms with Gasteiger partial charge in [-0.05, 0) is 45.6 Å². The summed E-state index contributed by atoms with van der Waals surface area (Å²) in [6, 6.07) is 0.394. The van der Waals surface area contributed by atoms with Gasteiger partial charge in [-0.2, -0.15) is 0 Å². The third kappa shape index (κ3) is 3.42. The van der Waals surface area contributed by atoms with Gasteiger partial charge in [0.15, 0.2) is 0 Å². The molecule has 0 saturated carbocycles.